The van der Waals surface area contributed by atoms with E-state index in [0.717, 1.165) is 6.20 Å². The summed E-state index contributed by atoms with van der Waals surface area (Å²) in [5.41, 5.74) is -2.47. The minimum Gasteiger partial charge on any atom is -0.387 e. The van der Waals surface area contributed by atoms with E-state index in [2.05, 4.69) is 13.1 Å². The molecular weight excluding hydrogens is 496 g/mol. The number of hydrogen-bond donors (Lipinski definition) is 6. The number of hydrogen-bond acceptors (Lipinski definition) is 10. The van der Waals surface area contributed by atoms with Gasteiger partial charge in [0.1, 0.15) is 17.8 Å². The number of aliphatic hydroxyl groups excluding tert-OH is 1. The maximum atomic E-state index is 14.4. The number of aromatic amines is 1. The van der Waals surface area contributed by atoms with E-state index in [9.17, 15) is 37.7 Å². The fraction of sp³-hybridized carbons (Fsp3) is 0.455. The molecule has 16 nitrogen and oxygen atoms in total. The van der Waals surface area contributed by atoms with Gasteiger partial charge in [-0.25, -0.2) is 22.9 Å². The molecule has 6 N–H and O–H groups in total. The van der Waals surface area contributed by atoms with E-state index in [1.807, 2.05) is 5.92 Å². The van der Waals surface area contributed by atoms with Crippen LogP contribution >= 0.6 is 23.5 Å². The molecule has 1 fully saturated rings. The summed E-state index contributed by atoms with van der Waals surface area (Å²) in [5, 5.41) is 9.89. The topological polar surface area (TPSA) is 244 Å². The summed E-state index contributed by atoms with van der Waals surface area (Å²) in [6.07, 6.45) is -2.16. The van der Waals surface area contributed by atoms with Crippen LogP contribution < -0.4 is 11.2 Å². The maximum Gasteiger partial charge on any atom is 0.490 e. The number of halogens is 1. The summed E-state index contributed by atoms with van der Waals surface area (Å²) in [4.78, 5) is 60.5. The van der Waals surface area contributed by atoms with Crippen LogP contribution in [-0.4, -0.2) is 59.2 Å². The molecule has 0 amide bonds. The van der Waals surface area contributed by atoms with Crippen LogP contribution in [-0.2, 0) is 31.6 Å². The predicted molar refractivity (Wildman–Crippen MR) is 93.9 cm³/mol. The van der Waals surface area contributed by atoms with Crippen molar-refractivity contribution in [3.05, 3.63) is 32.6 Å². The van der Waals surface area contributed by atoms with Crippen LogP contribution in [0.1, 0.15) is 11.8 Å². The summed E-state index contributed by atoms with van der Waals surface area (Å²) < 4.78 is 64.7. The van der Waals surface area contributed by atoms with E-state index in [4.69, 9.17) is 25.8 Å². The van der Waals surface area contributed by atoms with Gasteiger partial charge in [0.15, 0.2) is 12.4 Å². The number of nitrogens with one attached hydrogen (secondary N) is 1. The molecule has 0 aromatic carbocycles. The molecular formula is C11H14FN2O14P3. The molecule has 0 bridgehead atoms. The van der Waals surface area contributed by atoms with Gasteiger partial charge < -0.3 is 29.4 Å². The van der Waals surface area contributed by atoms with E-state index < -0.39 is 65.9 Å². The molecule has 0 radical (unpaired) electrons. The molecule has 174 valence electrons. The van der Waals surface area contributed by atoms with Crippen molar-refractivity contribution in [3.63, 3.8) is 0 Å². The lowest BCUT2D eigenvalue weighted by atomic mass is 10.1. The summed E-state index contributed by atoms with van der Waals surface area (Å²) in [6.45, 7) is -1.16. The van der Waals surface area contributed by atoms with Gasteiger partial charge in [-0.3, -0.25) is 18.9 Å². The van der Waals surface area contributed by atoms with Gasteiger partial charge in [-0.1, -0.05) is 5.92 Å². The summed E-state index contributed by atoms with van der Waals surface area (Å²) in [7, 11) is -16.9. The van der Waals surface area contributed by atoms with Crippen LogP contribution in [0.4, 0.5) is 4.39 Å². The number of ether oxygens (including phenoxy) is 1. The molecule has 2 heterocycles. The van der Waals surface area contributed by atoms with Crippen molar-refractivity contribution in [3.8, 4) is 12.3 Å². The number of terminal acetylenes is 1. The quantitative estimate of drug-likeness (QED) is 0.171. The standard InChI is InChI=1S/C11H14FN2O14P3/c1-2-5-3-14(11(17)13-9(5)16)10-7(12)8(15)6(26-10)4-25-30(21,22)28-31(23,24)27-29(18,19)20/h1,3,6-8,10,15H,4H2,(H,21,22)(H,23,24)(H,13,16,17)(H2,18,19,20)/t6-,7-,8+,10-/m1/s1. The normalized spacial score (nSPS) is 27.9. The highest BCUT2D eigenvalue weighted by Gasteiger charge is 2.47. The zero-order valence-electron chi connectivity index (χ0n) is 14.7. The number of nitrogens with zero attached hydrogens (tertiary/aromatic N) is 1. The highest BCUT2D eigenvalue weighted by molar-refractivity contribution is 7.66. The largest absolute Gasteiger partial charge is 0.490 e. The Balaban J connectivity index is 2.13. The van der Waals surface area contributed by atoms with Gasteiger partial charge in [0.2, 0.25) is 0 Å². The Bertz CT molecular complexity index is 1140. The molecule has 1 aromatic heterocycles. The minimum atomic E-state index is -5.78. The molecule has 0 spiro atoms. The van der Waals surface area contributed by atoms with Crippen molar-refractivity contribution in [2.45, 2.75) is 24.6 Å². The van der Waals surface area contributed by atoms with Gasteiger partial charge in [-0.05, 0) is 0 Å². The molecule has 1 saturated heterocycles. The van der Waals surface area contributed by atoms with Crippen molar-refractivity contribution in [1.29, 1.82) is 0 Å². The summed E-state index contributed by atoms with van der Waals surface area (Å²) >= 11 is 0. The second-order valence-corrected chi connectivity index (χ2v) is 10.2. The van der Waals surface area contributed by atoms with E-state index in [1.165, 1.54) is 0 Å². The van der Waals surface area contributed by atoms with Gasteiger partial charge in [-0.15, -0.1) is 6.42 Å². The Hall–Kier alpha value is -1.50. The second kappa shape index (κ2) is 9.16. The number of H-pyrrole nitrogens is 1. The van der Waals surface area contributed by atoms with Gasteiger partial charge in [0.05, 0.1) is 6.61 Å². The third-order valence-corrected chi connectivity index (χ3v) is 7.31. The predicted octanol–water partition coefficient (Wildman–Crippen LogP) is -1.54. The lowest BCUT2D eigenvalue weighted by Crippen LogP contribution is -2.37. The average molecular weight is 510 g/mol. The van der Waals surface area contributed by atoms with Crippen LogP contribution in [0, 0.1) is 12.3 Å². The van der Waals surface area contributed by atoms with Crippen LogP contribution in [0.15, 0.2) is 15.8 Å². The van der Waals surface area contributed by atoms with Crippen molar-refractivity contribution in [2.24, 2.45) is 0 Å². The smallest absolute Gasteiger partial charge is 0.387 e. The first-order valence-corrected chi connectivity index (χ1v) is 12.2. The first-order chi connectivity index (χ1) is 14.1. The first-order valence-electron chi connectivity index (χ1n) is 7.63. The molecule has 1 aromatic rings. The second-order valence-electron chi connectivity index (χ2n) is 5.74. The van der Waals surface area contributed by atoms with Crippen molar-refractivity contribution < 1.29 is 60.6 Å². The zero-order valence-corrected chi connectivity index (χ0v) is 17.4. The molecule has 6 atom stereocenters. The van der Waals surface area contributed by atoms with Gasteiger partial charge >= 0.3 is 29.2 Å². The van der Waals surface area contributed by atoms with Gasteiger partial charge in [-0.2, -0.15) is 8.62 Å². The molecule has 20 heteroatoms. The fourth-order valence-corrected chi connectivity index (χ4v) is 5.34. The lowest BCUT2D eigenvalue weighted by molar-refractivity contribution is -0.0482. The van der Waals surface area contributed by atoms with Crippen LogP contribution in [0.3, 0.4) is 0 Å². The molecule has 0 aliphatic carbocycles. The average Bonchev–Trinajstić information content (AvgIpc) is 2.85. The molecule has 1 aliphatic heterocycles. The SMILES string of the molecule is C#Cc1cn([C@@H]2O[C@H](COP(=O)(O)OP(=O)(O)OP(=O)(O)O)[C@H](O)[C@H]2F)c(=O)[nH]c1=O. The van der Waals surface area contributed by atoms with E-state index in [-0.39, 0.29) is 5.56 Å². The zero-order chi connectivity index (χ0) is 23.8. The molecule has 0 saturated carbocycles. The Kier molecular flexibility index (Phi) is 7.61. The molecule has 1 aliphatic rings. The Labute approximate surface area is 170 Å². The third kappa shape index (κ3) is 6.74. The van der Waals surface area contributed by atoms with Crippen molar-refractivity contribution >= 4 is 23.5 Å². The number of phosphoric ester groups is 1. The molecule has 2 unspecified atom stereocenters. The Morgan fingerprint density at radius 1 is 1.19 bits per heavy atom. The van der Waals surface area contributed by atoms with Crippen molar-refractivity contribution in [2.75, 3.05) is 6.61 Å². The summed E-state index contributed by atoms with van der Waals surface area (Å²) in [6, 6.07) is 0. The molecule has 31 heavy (non-hydrogen) atoms. The number of aromatic nitrogens is 2. The van der Waals surface area contributed by atoms with Gasteiger partial charge in [0, 0.05) is 6.20 Å². The monoisotopic (exact) mass is 510 g/mol. The van der Waals surface area contributed by atoms with Crippen LogP contribution in [0.25, 0.3) is 0 Å². The van der Waals surface area contributed by atoms with E-state index >= 15 is 0 Å². The Morgan fingerprint density at radius 3 is 2.35 bits per heavy atom. The van der Waals surface area contributed by atoms with Gasteiger partial charge in [0.25, 0.3) is 5.56 Å². The lowest BCUT2D eigenvalue weighted by Gasteiger charge is -2.19. The van der Waals surface area contributed by atoms with Crippen LogP contribution in [0.5, 0.6) is 0 Å². The number of rotatable bonds is 8. The van der Waals surface area contributed by atoms with Crippen molar-refractivity contribution in [1.82, 2.24) is 9.55 Å². The van der Waals surface area contributed by atoms with E-state index in [0.29, 0.717) is 4.57 Å². The molecule has 2 rings (SSSR count). The third-order valence-electron chi connectivity index (χ3n) is 3.51. The first kappa shape index (κ1) is 25.8. The maximum absolute atomic E-state index is 14.4. The number of aliphatic hydroxyl groups is 1. The minimum absolute atomic E-state index is 0.374. The highest BCUT2D eigenvalue weighted by atomic mass is 31.3. The number of alkyl halides is 1. The Morgan fingerprint density at radius 2 is 1.81 bits per heavy atom. The van der Waals surface area contributed by atoms with E-state index in [1.54, 1.807) is 4.98 Å². The van der Waals surface area contributed by atoms with Crippen LogP contribution in [0.2, 0.25) is 0 Å². The highest BCUT2D eigenvalue weighted by Crippen LogP contribution is 2.66. The summed E-state index contributed by atoms with van der Waals surface area (Å²) in [5.74, 6) is 1.93. The number of phosphoric acid groups is 3. The fourth-order valence-electron chi connectivity index (χ4n) is 2.31.